The molecule has 0 bridgehead atoms. The highest BCUT2D eigenvalue weighted by Crippen LogP contribution is 2.26. The Bertz CT molecular complexity index is 1220. The highest BCUT2D eigenvalue weighted by atomic mass is 16.7. The van der Waals surface area contributed by atoms with E-state index in [0.29, 0.717) is 13.0 Å². The number of ether oxygens (including phenoxy) is 6. The molecular formula is C54H100O14. The van der Waals surface area contributed by atoms with Gasteiger partial charge in [-0.3, -0.25) is 4.79 Å². The Balaban J connectivity index is 1.74. The molecule has 2 aliphatic heterocycles. The minimum Gasteiger partial charge on any atom is -0.457 e. The maximum atomic E-state index is 13.0. The summed E-state index contributed by atoms with van der Waals surface area (Å²) in [5.74, 6) is -0.375. The third kappa shape index (κ3) is 29.1. The zero-order valence-electron chi connectivity index (χ0n) is 42.6. The zero-order valence-corrected chi connectivity index (χ0v) is 42.6. The fraction of sp³-hybridized carbons (Fsp3) is 0.907. The van der Waals surface area contributed by atoms with Gasteiger partial charge in [-0.05, 0) is 44.9 Å². The van der Waals surface area contributed by atoms with Crippen molar-refractivity contribution in [3.63, 3.8) is 0 Å². The van der Waals surface area contributed by atoms with Crippen LogP contribution in [-0.4, -0.2) is 142 Å². The quantitative estimate of drug-likeness (QED) is 0.0173. The second kappa shape index (κ2) is 42.0. The van der Waals surface area contributed by atoms with Crippen LogP contribution < -0.4 is 0 Å². The van der Waals surface area contributed by atoms with Crippen LogP contribution in [0.2, 0.25) is 0 Å². The van der Waals surface area contributed by atoms with Gasteiger partial charge in [-0.2, -0.15) is 0 Å². The summed E-state index contributed by atoms with van der Waals surface area (Å²) in [5.41, 5.74) is 0. The molecule has 0 aromatic carbocycles. The molecule has 0 spiro atoms. The van der Waals surface area contributed by atoms with Crippen molar-refractivity contribution in [2.24, 2.45) is 0 Å². The summed E-state index contributed by atoms with van der Waals surface area (Å²) < 4.78 is 34.3. The lowest BCUT2D eigenvalue weighted by atomic mass is 9.98. The first kappa shape index (κ1) is 62.6. The second-order valence-electron chi connectivity index (χ2n) is 19.4. The molecule has 11 unspecified atom stereocenters. The van der Waals surface area contributed by atoms with Gasteiger partial charge in [0.1, 0.15) is 54.9 Å². The van der Waals surface area contributed by atoms with Crippen molar-refractivity contribution in [2.45, 2.75) is 280 Å². The third-order valence-electron chi connectivity index (χ3n) is 13.2. The van der Waals surface area contributed by atoms with Crippen LogP contribution in [0.1, 0.15) is 213 Å². The molecule has 2 heterocycles. The molecule has 0 radical (unpaired) electrons. The molecule has 0 aromatic heterocycles. The van der Waals surface area contributed by atoms with Crippen molar-refractivity contribution in [3.05, 3.63) is 24.3 Å². The van der Waals surface area contributed by atoms with Crippen LogP contribution in [0.5, 0.6) is 0 Å². The summed E-state index contributed by atoms with van der Waals surface area (Å²) in [6.07, 6.45) is 29.4. The van der Waals surface area contributed by atoms with Crippen molar-refractivity contribution in [3.8, 4) is 0 Å². The topological polar surface area (TPSA) is 214 Å². The Morgan fingerprint density at radius 1 is 0.485 bits per heavy atom. The van der Waals surface area contributed by atoms with Gasteiger partial charge in [0.25, 0.3) is 0 Å². The van der Waals surface area contributed by atoms with Crippen LogP contribution in [0.25, 0.3) is 0 Å². The lowest BCUT2D eigenvalue weighted by Crippen LogP contribution is -2.61. The smallest absolute Gasteiger partial charge is 0.306 e. The molecule has 14 heteroatoms. The standard InChI is InChI=1S/C54H100O14/c1-3-5-7-9-11-13-15-17-19-21-22-24-26-28-30-32-34-36-38-63-40-43(66-46(56)37-35-33-31-29-27-25-23-20-18-16-14-12-10-8-6-4-2)41-64-53-52(62)50(60)48(58)45(68-53)42-65-54-51(61)49(59)47(57)44(39-55)67-54/h11,13,17,19,43-45,47-55,57-62H,3-10,12,14-16,18,20-42H2,1-2H3/b13-11-,19-17-. The van der Waals surface area contributed by atoms with Crippen molar-refractivity contribution >= 4 is 5.97 Å². The Hall–Kier alpha value is -1.53. The molecular weight excluding hydrogens is 873 g/mol. The van der Waals surface area contributed by atoms with Crippen molar-refractivity contribution in [1.29, 1.82) is 0 Å². The molecule has 2 saturated heterocycles. The molecule has 400 valence electrons. The number of esters is 1. The predicted molar refractivity (Wildman–Crippen MR) is 266 cm³/mol. The fourth-order valence-corrected chi connectivity index (χ4v) is 8.73. The van der Waals surface area contributed by atoms with Crippen LogP contribution >= 0.6 is 0 Å². The number of aliphatic hydroxyl groups is 7. The van der Waals surface area contributed by atoms with Gasteiger partial charge in [0.05, 0.1) is 26.4 Å². The zero-order chi connectivity index (χ0) is 49.5. The lowest BCUT2D eigenvalue weighted by Gasteiger charge is -2.42. The molecule has 0 aromatic rings. The SMILES string of the molecule is CCCCC/C=C\C/C=C\CCCCCCCCCCOCC(COC1OC(COC2OC(CO)C(O)C(O)C2O)C(O)C(O)C1O)OC(=O)CCCCCCCCCCCCCCCCCC. The molecule has 2 fully saturated rings. The monoisotopic (exact) mass is 973 g/mol. The normalized spacial score (nSPS) is 26.0. The summed E-state index contributed by atoms with van der Waals surface area (Å²) in [6, 6.07) is 0. The van der Waals surface area contributed by atoms with Gasteiger partial charge in [-0.25, -0.2) is 0 Å². The van der Waals surface area contributed by atoms with E-state index in [-0.39, 0.29) is 25.6 Å². The molecule has 2 aliphatic rings. The summed E-state index contributed by atoms with van der Waals surface area (Å²) >= 11 is 0. The van der Waals surface area contributed by atoms with Gasteiger partial charge in [0, 0.05) is 13.0 Å². The van der Waals surface area contributed by atoms with Gasteiger partial charge in [0.2, 0.25) is 0 Å². The van der Waals surface area contributed by atoms with Crippen LogP contribution in [0.15, 0.2) is 24.3 Å². The molecule has 11 atom stereocenters. The fourth-order valence-electron chi connectivity index (χ4n) is 8.73. The number of unbranched alkanes of at least 4 members (excludes halogenated alkanes) is 26. The average Bonchev–Trinajstić information content (AvgIpc) is 3.33. The first-order valence-electron chi connectivity index (χ1n) is 27.4. The summed E-state index contributed by atoms with van der Waals surface area (Å²) in [7, 11) is 0. The predicted octanol–water partition coefficient (Wildman–Crippen LogP) is 8.80. The van der Waals surface area contributed by atoms with E-state index in [4.69, 9.17) is 28.4 Å². The van der Waals surface area contributed by atoms with E-state index in [0.717, 1.165) is 51.4 Å². The van der Waals surface area contributed by atoms with E-state index in [1.807, 2.05) is 0 Å². The lowest BCUT2D eigenvalue weighted by molar-refractivity contribution is -0.332. The van der Waals surface area contributed by atoms with E-state index in [9.17, 15) is 40.5 Å². The summed E-state index contributed by atoms with van der Waals surface area (Å²) in [5, 5.41) is 72.2. The van der Waals surface area contributed by atoms with E-state index >= 15 is 0 Å². The second-order valence-corrected chi connectivity index (χ2v) is 19.4. The molecule has 0 amide bonds. The van der Waals surface area contributed by atoms with Crippen LogP contribution in [0.3, 0.4) is 0 Å². The summed E-state index contributed by atoms with van der Waals surface area (Å²) in [4.78, 5) is 13.0. The molecule has 0 saturated carbocycles. The number of allylic oxidation sites excluding steroid dienone is 4. The minimum absolute atomic E-state index is 0.0615. The Morgan fingerprint density at radius 3 is 1.44 bits per heavy atom. The summed E-state index contributed by atoms with van der Waals surface area (Å²) in [6.45, 7) is 3.68. The number of rotatable bonds is 44. The van der Waals surface area contributed by atoms with Gasteiger partial charge in [0.15, 0.2) is 12.6 Å². The molecule has 2 rings (SSSR count). The molecule has 0 aliphatic carbocycles. The number of hydrogen-bond acceptors (Lipinski definition) is 14. The highest BCUT2D eigenvalue weighted by molar-refractivity contribution is 5.69. The average molecular weight is 973 g/mol. The van der Waals surface area contributed by atoms with Gasteiger partial charge in [-0.1, -0.05) is 186 Å². The van der Waals surface area contributed by atoms with E-state index < -0.39 is 80.7 Å². The number of hydrogen-bond donors (Lipinski definition) is 7. The maximum Gasteiger partial charge on any atom is 0.306 e. The van der Waals surface area contributed by atoms with Crippen molar-refractivity contribution < 1.29 is 69.0 Å². The van der Waals surface area contributed by atoms with Crippen LogP contribution in [0, 0.1) is 0 Å². The minimum atomic E-state index is -1.70. The van der Waals surface area contributed by atoms with E-state index in [1.165, 1.54) is 135 Å². The van der Waals surface area contributed by atoms with Crippen LogP contribution in [-0.2, 0) is 33.2 Å². The maximum absolute atomic E-state index is 13.0. The third-order valence-corrected chi connectivity index (χ3v) is 13.2. The van der Waals surface area contributed by atoms with Gasteiger partial charge >= 0.3 is 5.97 Å². The first-order chi connectivity index (χ1) is 33.1. The molecule has 14 nitrogen and oxygen atoms in total. The number of carbonyl (C=O) groups excluding carboxylic acids is 1. The first-order valence-corrected chi connectivity index (χ1v) is 27.4. The molecule has 68 heavy (non-hydrogen) atoms. The van der Waals surface area contributed by atoms with Gasteiger partial charge < -0.3 is 64.2 Å². The molecule has 7 N–H and O–H groups in total. The largest absolute Gasteiger partial charge is 0.457 e. The Kier molecular flexibility index (Phi) is 38.7. The Labute approximate surface area is 411 Å². The van der Waals surface area contributed by atoms with E-state index in [2.05, 4.69) is 38.2 Å². The highest BCUT2D eigenvalue weighted by Gasteiger charge is 2.47. The number of aliphatic hydroxyl groups excluding tert-OH is 7. The van der Waals surface area contributed by atoms with Crippen LogP contribution in [0.4, 0.5) is 0 Å². The van der Waals surface area contributed by atoms with E-state index in [1.54, 1.807) is 0 Å². The van der Waals surface area contributed by atoms with Gasteiger partial charge in [-0.15, -0.1) is 0 Å². The number of carbonyl (C=O) groups is 1. The van der Waals surface area contributed by atoms with Crippen molar-refractivity contribution in [2.75, 3.05) is 33.0 Å². The Morgan fingerprint density at radius 2 is 0.912 bits per heavy atom. The van der Waals surface area contributed by atoms with Crippen molar-refractivity contribution in [1.82, 2.24) is 0 Å².